The summed E-state index contributed by atoms with van der Waals surface area (Å²) in [5.41, 5.74) is 7.06. The zero-order chi connectivity index (χ0) is 11.9. The number of rotatable bonds is 1. The van der Waals surface area contributed by atoms with Gasteiger partial charge in [-0.2, -0.15) is 0 Å². The molecule has 0 spiro atoms. The van der Waals surface area contributed by atoms with Crippen LogP contribution >= 0.6 is 11.3 Å². The average Bonchev–Trinajstić information content (AvgIpc) is 2.72. The molecule has 1 aliphatic rings. The minimum atomic E-state index is 0.609. The normalized spacial score (nSPS) is 19.1. The molecule has 2 rings (SSSR count). The Bertz CT molecular complexity index is 303. The Morgan fingerprint density at radius 1 is 0.882 bits per heavy atom. The van der Waals surface area contributed by atoms with Crippen molar-refractivity contribution in [3.63, 3.8) is 0 Å². The fourth-order valence-corrected chi connectivity index (χ4v) is 3.59. The van der Waals surface area contributed by atoms with Crippen molar-refractivity contribution >= 4 is 11.3 Å². The maximum atomic E-state index is 5.70. The van der Waals surface area contributed by atoms with Crippen molar-refractivity contribution < 1.29 is 0 Å². The first-order chi connectivity index (χ1) is 8.40. The van der Waals surface area contributed by atoms with Gasteiger partial charge < -0.3 is 5.73 Å². The summed E-state index contributed by atoms with van der Waals surface area (Å²) in [6, 6.07) is 0. The minimum Gasteiger partial charge on any atom is -0.325 e. The monoisotopic (exact) mass is 252 g/mol. The highest BCUT2D eigenvalue weighted by atomic mass is 32.1. The molecule has 0 atom stereocenters. The van der Waals surface area contributed by atoms with E-state index >= 15 is 0 Å². The molecule has 17 heavy (non-hydrogen) atoms. The highest BCUT2D eigenvalue weighted by molar-refractivity contribution is 7.11. The van der Waals surface area contributed by atoms with Gasteiger partial charge in [-0.3, -0.25) is 0 Å². The molecule has 1 aliphatic carbocycles. The maximum Gasteiger partial charge on any atom is 0.107 e. The van der Waals surface area contributed by atoms with Gasteiger partial charge in [0, 0.05) is 11.4 Å². The van der Waals surface area contributed by atoms with Crippen molar-refractivity contribution in [1.82, 2.24) is 4.98 Å². The lowest BCUT2D eigenvalue weighted by Crippen LogP contribution is -1.97. The van der Waals surface area contributed by atoms with Gasteiger partial charge in [-0.1, -0.05) is 38.5 Å². The number of nitrogens with zero attached hydrogens (tertiary/aromatic N) is 1. The Labute approximate surface area is 109 Å². The lowest BCUT2D eigenvalue weighted by Gasteiger charge is -2.06. The zero-order valence-electron chi connectivity index (χ0n) is 10.7. The quantitative estimate of drug-likeness (QED) is 0.825. The molecule has 0 aliphatic heterocycles. The lowest BCUT2D eigenvalue weighted by atomic mass is 10.0. The van der Waals surface area contributed by atoms with Crippen LogP contribution in [-0.4, -0.2) is 4.98 Å². The first kappa shape index (κ1) is 13.0. The predicted molar refractivity (Wildman–Crippen MR) is 74.3 cm³/mol. The second-order valence-corrected chi connectivity index (χ2v) is 6.18. The molecule has 0 amide bonds. The van der Waals surface area contributed by atoms with Crippen molar-refractivity contribution in [2.45, 2.75) is 70.8 Å². The molecule has 0 bridgehead atoms. The van der Waals surface area contributed by atoms with Crippen molar-refractivity contribution in [2.75, 3.05) is 0 Å². The van der Waals surface area contributed by atoms with Crippen molar-refractivity contribution in [2.24, 2.45) is 5.73 Å². The third-order valence-corrected chi connectivity index (χ3v) is 4.74. The van der Waals surface area contributed by atoms with Gasteiger partial charge in [0.1, 0.15) is 5.01 Å². The summed E-state index contributed by atoms with van der Waals surface area (Å²) in [7, 11) is 0. The summed E-state index contributed by atoms with van der Waals surface area (Å²) in [5, 5.41) is 1.13. The van der Waals surface area contributed by atoms with E-state index in [0.29, 0.717) is 6.54 Å². The van der Waals surface area contributed by atoms with Crippen LogP contribution in [0.15, 0.2) is 0 Å². The van der Waals surface area contributed by atoms with Crippen LogP contribution in [0.1, 0.15) is 66.9 Å². The third-order valence-electron chi connectivity index (χ3n) is 3.56. The Kier molecular flexibility index (Phi) is 5.46. The van der Waals surface area contributed by atoms with Crippen LogP contribution in [0, 0.1) is 0 Å². The van der Waals surface area contributed by atoms with Crippen LogP contribution in [-0.2, 0) is 19.4 Å². The van der Waals surface area contributed by atoms with Gasteiger partial charge in [-0.25, -0.2) is 4.98 Å². The van der Waals surface area contributed by atoms with E-state index in [1.165, 1.54) is 74.8 Å². The number of nitrogens with two attached hydrogens (primary N) is 1. The summed E-state index contributed by atoms with van der Waals surface area (Å²) >= 11 is 1.85. The number of hydrogen-bond acceptors (Lipinski definition) is 3. The highest BCUT2D eigenvalue weighted by Crippen LogP contribution is 2.24. The van der Waals surface area contributed by atoms with Crippen LogP contribution in [0.3, 0.4) is 0 Å². The second kappa shape index (κ2) is 7.12. The van der Waals surface area contributed by atoms with E-state index in [0.717, 1.165) is 5.01 Å². The summed E-state index contributed by atoms with van der Waals surface area (Å²) in [6.07, 6.45) is 13.5. The predicted octanol–water partition coefficient (Wildman–Crippen LogP) is 3.82. The van der Waals surface area contributed by atoms with Gasteiger partial charge in [0.05, 0.1) is 5.69 Å². The largest absolute Gasteiger partial charge is 0.325 e. The molecule has 2 nitrogen and oxygen atoms in total. The molecule has 2 N–H and O–H groups in total. The molecule has 1 heterocycles. The summed E-state index contributed by atoms with van der Waals surface area (Å²) in [4.78, 5) is 6.21. The van der Waals surface area contributed by atoms with E-state index in [-0.39, 0.29) is 0 Å². The molecule has 96 valence electrons. The first-order valence-corrected chi connectivity index (χ1v) is 7.89. The maximum absolute atomic E-state index is 5.70. The number of aromatic nitrogens is 1. The van der Waals surface area contributed by atoms with Gasteiger partial charge in [0.15, 0.2) is 0 Å². The number of hydrogen-bond donors (Lipinski definition) is 1. The minimum absolute atomic E-state index is 0.609. The molecule has 3 heteroatoms. The summed E-state index contributed by atoms with van der Waals surface area (Å²) < 4.78 is 0. The lowest BCUT2D eigenvalue weighted by molar-refractivity contribution is 0.559. The molecule has 0 saturated carbocycles. The van der Waals surface area contributed by atoms with Crippen molar-refractivity contribution in [3.8, 4) is 0 Å². The van der Waals surface area contributed by atoms with Crippen molar-refractivity contribution in [1.29, 1.82) is 0 Å². The number of thiazole rings is 1. The average molecular weight is 252 g/mol. The van der Waals surface area contributed by atoms with E-state index in [1.807, 2.05) is 11.3 Å². The molecule has 1 aromatic heterocycles. The van der Waals surface area contributed by atoms with Gasteiger partial charge in [-0.15, -0.1) is 11.3 Å². The fourth-order valence-electron chi connectivity index (χ4n) is 2.55. The second-order valence-electron chi connectivity index (χ2n) is 5.01. The Morgan fingerprint density at radius 3 is 2.12 bits per heavy atom. The van der Waals surface area contributed by atoms with Crippen molar-refractivity contribution in [3.05, 3.63) is 15.6 Å². The molecule has 0 aromatic carbocycles. The fraction of sp³-hybridized carbons (Fsp3) is 0.786. The molecular weight excluding hydrogens is 228 g/mol. The molecule has 0 radical (unpaired) electrons. The molecule has 1 aromatic rings. The Morgan fingerprint density at radius 2 is 1.47 bits per heavy atom. The third kappa shape index (κ3) is 4.07. The van der Waals surface area contributed by atoms with E-state index < -0.39 is 0 Å². The summed E-state index contributed by atoms with van der Waals surface area (Å²) in [5.74, 6) is 0. The topological polar surface area (TPSA) is 38.9 Å². The zero-order valence-corrected chi connectivity index (χ0v) is 11.5. The Balaban J connectivity index is 2.01. The van der Waals surface area contributed by atoms with Gasteiger partial charge in [-0.05, 0) is 25.7 Å². The Hall–Kier alpha value is -0.410. The SMILES string of the molecule is NCc1nc2c(s1)CCCCCCCCCC2. The van der Waals surface area contributed by atoms with Gasteiger partial charge in [0.2, 0.25) is 0 Å². The highest BCUT2D eigenvalue weighted by Gasteiger charge is 2.10. The van der Waals surface area contributed by atoms with Crippen LogP contribution < -0.4 is 5.73 Å². The van der Waals surface area contributed by atoms with Gasteiger partial charge in [0.25, 0.3) is 0 Å². The van der Waals surface area contributed by atoms with E-state index in [9.17, 15) is 0 Å². The standard InChI is InChI=1S/C14H24N2S/c15-11-14-16-12-9-7-5-3-1-2-4-6-8-10-13(12)17-14/h1-11,15H2. The number of aryl methyl sites for hydroxylation is 2. The van der Waals surface area contributed by atoms with Crippen LogP contribution in [0.4, 0.5) is 0 Å². The van der Waals surface area contributed by atoms with E-state index in [1.54, 1.807) is 0 Å². The number of fused-ring (bicyclic) bond motifs is 1. The summed E-state index contributed by atoms with van der Waals surface area (Å²) in [6.45, 7) is 0.609. The van der Waals surface area contributed by atoms with Crippen LogP contribution in [0.5, 0.6) is 0 Å². The van der Waals surface area contributed by atoms with Gasteiger partial charge >= 0.3 is 0 Å². The first-order valence-electron chi connectivity index (χ1n) is 7.07. The molecule has 0 fully saturated rings. The van der Waals surface area contributed by atoms with Crippen LogP contribution in [0.2, 0.25) is 0 Å². The smallest absolute Gasteiger partial charge is 0.107 e. The molecule has 0 unspecified atom stereocenters. The van der Waals surface area contributed by atoms with E-state index in [4.69, 9.17) is 10.7 Å². The van der Waals surface area contributed by atoms with E-state index in [2.05, 4.69) is 0 Å². The molecular formula is C14H24N2S. The molecule has 0 saturated heterocycles. The van der Waals surface area contributed by atoms with Crippen LogP contribution in [0.25, 0.3) is 0 Å².